The van der Waals surface area contributed by atoms with Crippen molar-refractivity contribution < 1.29 is 19.1 Å². The SMILES string of the molecule is CCOC(=O)c1cnn(CCN(C)C(=O)OC(C)(C)C)c1. The van der Waals surface area contributed by atoms with Gasteiger partial charge in [0.05, 0.1) is 24.9 Å². The molecule has 1 heterocycles. The molecule has 0 spiro atoms. The van der Waals surface area contributed by atoms with E-state index in [-0.39, 0.29) is 6.09 Å². The fraction of sp³-hybridized carbons (Fsp3) is 0.643. The predicted octanol–water partition coefficient (Wildman–Crippen LogP) is 1.93. The first-order chi connectivity index (χ1) is 9.73. The summed E-state index contributed by atoms with van der Waals surface area (Å²) >= 11 is 0. The zero-order valence-corrected chi connectivity index (χ0v) is 13.3. The lowest BCUT2D eigenvalue weighted by molar-refractivity contribution is 0.0291. The van der Waals surface area contributed by atoms with Gasteiger partial charge in [-0.2, -0.15) is 5.10 Å². The van der Waals surface area contributed by atoms with Gasteiger partial charge in [0, 0.05) is 19.8 Å². The maximum atomic E-state index is 11.8. The molecule has 0 fully saturated rings. The average Bonchev–Trinajstić information content (AvgIpc) is 2.83. The first kappa shape index (κ1) is 17.0. The van der Waals surface area contributed by atoms with Gasteiger partial charge in [0.25, 0.3) is 0 Å². The summed E-state index contributed by atoms with van der Waals surface area (Å²) in [5, 5.41) is 4.06. The van der Waals surface area contributed by atoms with E-state index in [0.717, 1.165) is 0 Å². The number of hydrogen-bond donors (Lipinski definition) is 0. The molecule has 1 aromatic heterocycles. The molecule has 0 saturated heterocycles. The Hall–Kier alpha value is -2.05. The highest BCUT2D eigenvalue weighted by molar-refractivity contribution is 5.88. The molecular weight excluding hydrogens is 274 g/mol. The molecule has 0 N–H and O–H groups in total. The number of aromatic nitrogens is 2. The van der Waals surface area contributed by atoms with Gasteiger partial charge in [-0.25, -0.2) is 9.59 Å². The molecule has 0 radical (unpaired) electrons. The smallest absolute Gasteiger partial charge is 0.410 e. The Bertz CT molecular complexity index is 491. The zero-order chi connectivity index (χ0) is 16.0. The van der Waals surface area contributed by atoms with Crippen LogP contribution in [0.25, 0.3) is 0 Å². The van der Waals surface area contributed by atoms with Gasteiger partial charge in [-0.3, -0.25) is 4.68 Å². The standard InChI is InChI=1S/C14H23N3O4/c1-6-20-12(18)11-9-15-17(10-11)8-7-16(5)13(19)21-14(2,3)4/h9-10H,6-8H2,1-5H3. The van der Waals surface area contributed by atoms with Gasteiger partial charge in [0.15, 0.2) is 0 Å². The Morgan fingerprint density at radius 1 is 1.38 bits per heavy atom. The second-order valence-corrected chi connectivity index (χ2v) is 5.61. The fourth-order valence-corrected chi connectivity index (χ4v) is 1.49. The number of carbonyl (C=O) groups excluding carboxylic acids is 2. The molecule has 118 valence electrons. The highest BCUT2D eigenvalue weighted by Crippen LogP contribution is 2.09. The maximum absolute atomic E-state index is 11.8. The number of nitrogens with zero attached hydrogens (tertiary/aromatic N) is 3. The molecule has 21 heavy (non-hydrogen) atoms. The van der Waals surface area contributed by atoms with E-state index in [2.05, 4.69) is 5.10 Å². The second kappa shape index (κ2) is 7.10. The van der Waals surface area contributed by atoms with Crippen LogP contribution in [0.15, 0.2) is 12.4 Å². The van der Waals surface area contributed by atoms with Gasteiger partial charge in [-0.15, -0.1) is 0 Å². The Morgan fingerprint density at radius 2 is 2.05 bits per heavy atom. The lowest BCUT2D eigenvalue weighted by Crippen LogP contribution is -2.36. The molecule has 7 heteroatoms. The number of ether oxygens (including phenoxy) is 2. The summed E-state index contributed by atoms with van der Waals surface area (Å²) in [6.45, 7) is 8.42. The van der Waals surface area contributed by atoms with Crippen LogP contribution in [0.4, 0.5) is 4.79 Å². The van der Waals surface area contributed by atoms with Crippen LogP contribution in [0.3, 0.4) is 0 Å². The van der Waals surface area contributed by atoms with Gasteiger partial charge in [-0.1, -0.05) is 0 Å². The Morgan fingerprint density at radius 3 is 2.62 bits per heavy atom. The monoisotopic (exact) mass is 297 g/mol. The molecule has 0 aliphatic heterocycles. The van der Waals surface area contributed by atoms with Gasteiger partial charge in [0.1, 0.15) is 5.60 Å². The van der Waals surface area contributed by atoms with Crippen molar-refractivity contribution in [2.75, 3.05) is 20.2 Å². The molecular formula is C14H23N3O4. The third-order valence-electron chi connectivity index (χ3n) is 2.51. The molecule has 0 aromatic carbocycles. The lowest BCUT2D eigenvalue weighted by Gasteiger charge is -2.24. The maximum Gasteiger partial charge on any atom is 0.410 e. The fourth-order valence-electron chi connectivity index (χ4n) is 1.49. The first-order valence-corrected chi connectivity index (χ1v) is 6.86. The Balaban J connectivity index is 2.48. The van der Waals surface area contributed by atoms with Gasteiger partial charge < -0.3 is 14.4 Å². The Kier molecular flexibility index (Phi) is 5.75. The van der Waals surface area contributed by atoms with E-state index < -0.39 is 11.6 Å². The summed E-state index contributed by atoms with van der Waals surface area (Å²) in [6.07, 6.45) is 2.66. The molecule has 0 bridgehead atoms. The van der Waals surface area contributed by atoms with Crippen LogP contribution in [0.5, 0.6) is 0 Å². The number of amides is 1. The molecule has 7 nitrogen and oxygen atoms in total. The van der Waals surface area contributed by atoms with Crippen LogP contribution in [0.1, 0.15) is 38.1 Å². The van der Waals surface area contributed by atoms with E-state index in [1.165, 1.54) is 11.1 Å². The van der Waals surface area contributed by atoms with E-state index >= 15 is 0 Å². The zero-order valence-electron chi connectivity index (χ0n) is 13.3. The molecule has 0 aliphatic rings. The molecule has 0 saturated carbocycles. The molecule has 1 amide bonds. The molecule has 1 rings (SSSR count). The summed E-state index contributed by atoms with van der Waals surface area (Å²) in [5.74, 6) is -0.399. The van der Waals surface area contributed by atoms with Crippen LogP contribution in [0.2, 0.25) is 0 Å². The number of carbonyl (C=O) groups is 2. The minimum absolute atomic E-state index is 0.325. The largest absolute Gasteiger partial charge is 0.462 e. The van der Waals surface area contributed by atoms with Crippen molar-refractivity contribution in [3.63, 3.8) is 0 Å². The third kappa shape index (κ3) is 5.85. The number of esters is 1. The summed E-state index contributed by atoms with van der Waals surface area (Å²) in [7, 11) is 1.66. The summed E-state index contributed by atoms with van der Waals surface area (Å²) in [4.78, 5) is 24.7. The molecule has 1 aromatic rings. The lowest BCUT2D eigenvalue weighted by atomic mass is 10.2. The van der Waals surface area contributed by atoms with Crippen molar-refractivity contribution in [2.24, 2.45) is 0 Å². The van der Waals surface area contributed by atoms with Crippen LogP contribution in [0, 0.1) is 0 Å². The topological polar surface area (TPSA) is 73.7 Å². The normalized spacial score (nSPS) is 11.1. The minimum atomic E-state index is -0.520. The molecule has 0 unspecified atom stereocenters. The highest BCUT2D eigenvalue weighted by atomic mass is 16.6. The van der Waals surface area contributed by atoms with Crippen molar-refractivity contribution in [3.05, 3.63) is 18.0 Å². The number of rotatable bonds is 5. The number of likely N-dealkylation sites (N-methyl/N-ethyl adjacent to an activating group) is 1. The van der Waals surface area contributed by atoms with Crippen LogP contribution in [-0.2, 0) is 16.0 Å². The van der Waals surface area contributed by atoms with Gasteiger partial charge in [0.2, 0.25) is 0 Å². The van der Waals surface area contributed by atoms with Gasteiger partial charge >= 0.3 is 12.1 Å². The average molecular weight is 297 g/mol. The number of hydrogen-bond acceptors (Lipinski definition) is 5. The first-order valence-electron chi connectivity index (χ1n) is 6.86. The van der Waals surface area contributed by atoms with Gasteiger partial charge in [-0.05, 0) is 27.7 Å². The van der Waals surface area contributed by atoms with E-state index in [1.807, 2.05) is 20.8 Å². The van der Waals surface area contributed by atoms with Crippen molar-refractivity contribution in [2.45, 2.75) is 39.8 Å². The van der Waals surface area contributed by atoms with Crippen LogP contribution < -0.4 is 0 Å². The third-order valence-corrected chi connectivity index (χ3v) is 2.51. The van der Waals surface area contributed by atoms with E-state index in [4.69, 9.17) is 9.47 Å². The summed E-state index contributed by atoms with van der Waals surface area (Å²) in [6, 6.07) is 0. The van der Waals surface area contributed by atoms with Crippen molar-refractivity contribution in [1.82, 2.24) is 14.7 Å². The molecule has 0 atom stereocenters. The summed E-state index contributed by atoms with van der Waals surface area (Å²) in [5.41, 5.74) is -0.120. The van der Waals surface area contributed by atoms with E-state index in [1.54, 1.807) is 24.9 Å². The minimum Gasteiger partial charge on any atom is -0.462 e. The van der Waals surface area contributed by atoms with Crippen LogP contribution >= 0.6 is 0 Å². The predicted molar refractivity (Wildman–Crippen MR) is 77.0 cm³/mol. The van der Waals surface area contributed by atoms with Crippen molar-refractivity contribution in [1.29, 1.82) is 0 Å². The van der Waals surface area contributed by atoms with Crippen molar-refractivity contribution >= 4 is 12.1 Å². The molecule has 0 aliphatic carbocycles. The van der Waals surface area contributed by atoms with E-state index in [9.17, 15) is 9.59 Å². The van der Waals surface area contributed by atoms with Crippen LogP contribution in [-0.4, -0.2) is 52.5 Å². The second-order valence-electron chi connectivity index (χ2n) is 5.61. The van der Waals surface area contributed by atoms with E-state index in [0.29, 0.717) is 25.3 Å². The quantitative estimate of drug-likeness (QED) is 0.776. The summed E-state index contributed by atoms with van der Waals surface area (Å²) < 4.78 is 11.7. The highest BCUT2D eigenvalue weighted by Gasteiger charge is 2.19. The Labute approximate surface area is 124 Å². The van der Waals surface area contributed by atoms with Crippen molar-refractivity contribution in [3.8, 4) is 0 Å².